The van der Waals surface area contributed by atoms with Crippen molar-refractivity contribution in [2.45, 2.75) is 32.2 Å². The number of nitrogens with zero attached hydrogens (tertiary/aromatic N) is 3. The Morgan fingerprint density at radius 2 is 2.08 bits per heavy atom. The summed E-state index contributed by atoms with van der Waals surface area (Å²) in [5, 5.41) is 3.06. The van der Waals surface area contributed by atoms with E-state index in [2.05, 4.69) is 15.3 Å². The Bertz CT molecular complexity index is 746. The average molecular weight is 340 g/mol. The smallest absolute Gasteiger partial charge is 0.227 e. The Morgan fingerprint density at radius 1 is 1.32 bits per heavy atom. The van der Waals surface area contributed by atoms with Gasteiger partial charge in [-0.1, -0.05) is 12.1 Å². The maximum Gasteiger partial charge on any atom is 0.227 e. The van der Waals surface area contributed by atoms with E-state index in [1.807, 2.05) is 49.2 Å². The molecule has 1 aromatic carbocycles. The molecule has 1 fully saturated rings. The second-order valence-electron chi connectivity index (χ2n) is 6.25. The Labute approximate surface area is 148 Å². The van der Waals surface area contributed by atoms with Crippen LogP contribution in [-0.4, -0.2) is 41.5 Å². The van der Waals surface area contributed by atoms with Crippen molar-refractivity contribution in [2.24, 2.45) is 0 Å². The van der Waals surface area contributed by atoms with Crippen LogP contribution in [0.15, 0.2) is 30.3 Å². The minimum Gasteiger partial charge on any atom is -0.497 e. The van der Waals surface area contributed by atoms with Gasteiger partial charge in [-0.25, -0.2) is 9.97 Å². The summed E-state index contributed by atoms with van der Waals surface area (Å²) in [5.41, 5.74) is 1.91. The maximum absolute atomic E-state index is 12.8. The molecule has 0 saturated carbocycles. The molecule has 0 radical (unpaired) electrons. The maximum atomic E-state index is 12.8. The highest BCUT2D eigenvalue weighted by Crippen LogP contribution is 2.32. The van der Waals surface area contributed by atoms with Crippen molar-refractivity contribution in [1.82, 2.24) is 14.9 Å². The third-order valence-electron chi connectivity index (χ3n) is 4.54. The summed E-state index contributed by atoms with van der Waals surface area (Å²) >= 11 is 0. The number of rotatable bonds is 5. The summed E-state index contributed by atoms with van der Waals surface area (Å²) < 4.78 is 5.17. The number of aryl methyl sites for hydroxylation is 1. The Kier molecular flexibility index (Phi) is 5.16. The molecule has 2 aromatic rings. The first-order chi connectivity index (χ1) is 12.1. The number of hydrogen-bond donors (Lipinski definition) is 1. The molecule has 1 atom stereocenters. The van der Waals surface area contributed by atoms with E-state index in [-0.39, 0.29) is 11.9 Å². The summed E-state index contributed by atoms with van der Waals surface area (Å²) in [7, 11) is 3.48. The molecule has 6 heteroatoms. The van der Waals surface area contributed by atoms with Gasteiger partial charge in [-0.3, -0.25) is 4.79 Å². The number of carbonyl (C=O) groups excluding carboxylic acids is 1. The predicted octanol–water partition coefficient (Wildman–Crippen LogP) is 2.74. The van der Waals surface area contributed by atoms with Crippen molar-refractivity contribution in [1.29, 1.82) is 0 Å². The van der Waals surface area contributed by atoms with Crippen LogP contribution >= 0.6 is 0 Å². The minimum atomic E-state index is 0.0274. The van der Waals surface area contributed by atoms with E-state index in [0.29, 0.717) is 6.42 Å². The minimum absolute atomic E-state index is 0.0274. The lowest BCUT2D eigenvalue weighted by molar-refractivity contribution is -0.131. The zero-order valence-corrected chi connectivity index (χ0v) is 15.0. The second kappa shape index (κ2) is 7.51. The summed E-state index contributed by atoms with van der Waals surface area (Å²) in [6, 6.07) is 9.62. The molecule has 1 aliphatic heterocycles. The van der Waals surface area contributed by atoms with Crippen molar-refractivity contribution in [2.75, 3.05) is 26.0 Å². The number of likely N-dealkylation sites (tertiary alicyclic amines) is 1. The van der Waals surface area contributed by atoms with Gasteiger partial charge >= 0.3 is 0 Å². The van der Waals surface area contributed by atoms with Crippen LogP contribution in [0.1, 0.15) is 36.0 Å². The van der Waals surface area contributed by atoms with E-state index in [4.69, 9.17) is 4.74 Å². The van der Waals surface area contributed by atoms with Gasteiger partial charge in [-0.2, -0.15) is 0 Å². The molecule has 6 nitrogen and oxygen atoms in total. The Morgan fingerprint density at radius 3 is 2.76 bits per heavy atom. The molecule has 1 amide bonds. The molecule has 1 saturated heterocycles. The highest BCUT2D eigenvalue weighted by Gasteiger charge is 2.31. The van der Waals surface area contributed by atoms with Gasteiger partial charge in [0.15, 0.2) is 0 Å². The predicted molar refractivity (Wildman–Crippen MR) is 96.7 cm³/mol. The summed E-state index contributed by atoms with van der Waals surface area (Å²) in [6.45, 7) is 2.65. The van der Waals surface area contributed by atoms with Crippen molar-refractivity contribution in [3.8, 4) is 5.75 Å². The number of ether oxygens (including phenoxy) is 1. The van der Waals surface area contributed by atoms with Crippen LogP contribution in [-0.2, 0) is 11.2 Å². The topological polar surface area (TPSA) is 67.4 Å². The standard InChI is InChI=1S/C19H24N4O2/c1-13-21-16(12-18(20-2)22-13)17-5-4-10-23(17)19(24)11-14-6-8-15(25-3)9-7-14/h6-9,12,17H,4-5,10-11H2,1-3H3,(H,20,21,22)/t17-/m1/s1. The molecule has 2 heterocycles. The number of aromatic nitrogens is 2. The number of benzene rings is 1. The first kappa shape index (κ1) is 17.2. The zero-order chi connectivity index (χ0) is 17.8. The van der Waals surface area contributed by atoms with E-state index < -0.39 is 0 Å². The van der Waals surface area contributed by atoms with E-state index in [9.17, 15) is 4.79 Å². The third kappa shape index (κ3) is 3.90. The number of nitrogens with one attached hydrogen (secondary N) is 1. The summed E-state index contributed by atoms with van der Waals surface area (Å²) in [5.74, 6) is 2.44. The van der Waals surface area contributed by atoms with Gasteiger partial charge < -0.3 is 15.0 Å². The number of amides is 1. The SMILES string of the molecule is CNc1cc([C@H]2CCCN2C(=O)Cc2ccc(OC)cc2)nc(C)n1. The molecule has 0 aliphatic carbocycles. The molecular formula is C19H24N4O2. The van der Waals surface area contributed by atoms with Crippen molar-refractivity contribution < 1.29 is 9.53 Å². The van der Waals surface area contributed by atoms with Gasteiger partial charge in [-0.05, 0) is 37.5 Å². The molecule has 132 valence electrons. The number of anilines is 1. The average Bonchev–Trinajstić information content (AvgIpc) is 3.11. The lowest BCUT2D eigenvalue weighted by Gasteiger charge is -2.25. The van der Waals surface area contributed by atoms with Gasteiger partial charge in [0.25, 0.3) is 0 Å². The van der Waals surface area contributed by atoms with Crippen LogP contribution in [0.5, 0.6) is 5.75 Å². The number of methoxy groups -OCH3 is 1. The Hall–Kier alpha value is -2.63. The fourth-order valence-corrected chi connectivity index (χ4v) is 3.28. The number of carbonyl (C=O) groups is 1. The second-order valence-corrected chi connectivity index (χ2v) is 6.25. The highest BCUT2D eigenvalue weighted by atomic mass is 16.5. The van der Waals surface area contributed by atoms with E-state index in [1.165, 1.54) is 0 Å². The molecule has 0 spiro atoms. The fourth-order valence-electron chi connectivity index (χ4n) is 3.28. The van der Waals surface area contributed by atoms with Crippen LogP contribution in [0.2, 0.25) is 0 Å². The molecule has 3 rings (SSSR count). The van der Waals surface area contributed by atoms with Gasteiger partial charge in [0.2, 0.25) is 5.91 Å². The molecule has 1 aromatic heterocycles. The van der Waals surface area contributed by atoms with Gasteiger partial charge in [0.05, 0.1) is 25.3 Å². The normalized spacial score (nSPS) is 16.8. The third-order valence-corrected chi connectivity index (χ3v) is 4.54. The monoisotopic (exact) mass is 340 g/mol. The van der Waals surface area contributed by atoms with Gasteiger partial charge in [-0.15, -0.1) is 0 Å². The van der Waals surface area contributed by atoms with Gasteiger partial charge in [0, 0.05) is 19.7 Å². The first-order valence-corrected chi connectivity index (χ1v) is 8.56. The van der Waals surface area contributed by atoms with Crippen molar-refractivity contribution in [3.05, 3.63) is 47.4 Å². The molecule has 0 unspecified atom stereocenters. The molecule has 1 aliphatic rings. The van der Waals surface area contributed by atoms with Crippen LogP contribution in [0.4, 0.5) is 5.82 Å². The first-order valence-electron chi connectivity index (χ1n) is 8.56. The van der Waals surface area contributed by atoms with Crippen molar-refractivity contribution >= 4 is 11.7 Å². The zero-order valence-electron chi connectivity index (χ0n) is 15.0. The molecule has 0 bridgehead atoms. The lowest BCUT2D eigenvalue weighted by Crippen LogP contribution is -2.32. The van der Waals surface area contributed by atoms with E-state index in [0.717, 1.165) is 48.0 Å². The summed E-state index contributed by atoms with van der Waals surface area (Å²) in [4.78, 5) is 23.7. The van der Waals surface area contributed by atoms with Crippen LogP contribution in [0.25, 0.3) is 0 Å². The fraction of sp³-hybridized carbons (Fsp3) is 0.421. The van der Waals surface area contributed by atoms with Crippen LogP contribution in [0.3, 0.4) is 0 Å². The largest absolute Gasteiger partial charge is 0.497 e. The lowest BCUT2D eigenvalue weighted by atomic mass is 10.1. The van der Waals surface area contributed by atoms with Crippen LogP contribution in [0, 0.1) is 6.92 Å². The quantitative estimate of drug-likeness (QED) is 0.906. The highest BCUT2D eigenvalue weighted by molar-refractivity contribution is 5.79. The molecular weight excluding hydrogens is 316 g/mol. The number of hydrogen-bond acceptors (Lipinski definition) is 5. The summed E-state index contributed by atoms with van der Waals surface area (Å²) in [6.07, 6.45) is 2.33. The Balaban J connectivity index is 1.76. The molecule has 25 heavy (non-hydrogen) atoms. The van der Waals surface area contributed by atoms with Crippen LogP contribution < -0.4 is 10.1 Å². The molecule has 1 N–H and O–H groups in total. The van der Waals surface area contributed by atoms with Crippen molar-refractivity contribution in [3.63, 3.8) is 0 Å². The van der Waals surface area contributed by atoms with E-state index >= 15 is 0 Å². The van der Waals surface area contributed by atoms with E-state index in [1.54, 1.807) is 7.11 Å². The van der Waals surface area contributed by atoms with Gasteiger partial charge in [0.1, 0.15) is 17.4 Å².